The molecule has 2 atom stereocenters. The molecule has 1 heterocycles. The van der Waals surface area contributed by atoms with Gasteiger partial charge in [-0.25, -0.2) is 0 Å². The number of fused-ring (bicyclic) bond motifs is 3. The molecule has 1 aromatic carbocycles. The normalized spacial score (nSPS) is 28.4. The van der Waals surface area contributed by atoms with Crippen molar-refractivity contribution in [2.24, 2.45) is 11.8 Å². The van der Waals surface area contributed by atoms with Gasteiger partial charge in [-0.15, -0.1) is 0 Å². The van der Waals surface area contributed by atoms with Crippen LogP contribution < -0.4 is 0 Å². The van der Waals surface area contributed by atoms with E-state index < -0.39 is 0 Å². The highest BCUT2D eigenvalue weighted by atomic mass is 16.3. The van der Waals surface area contributed by atoms with Gasteiger partial charge in [0.2, 0.25) is 0 Å². The van der Waals surface area contributed by atoms with Crippen LogP contribution in [0.15, 0.2) is 40.3 Å². The predicted molar refractivity (Wildman–Crippen MR) is 74.6 cm³/mol. The van der Waals surface area contributed by atoms with Crippen LogP contribution in [0.3, 0.4) is 0 Å². The molecule has 96 valence electrons. The molecule has 19 heavy (non-hydrogen) atoms. The second-order valence-electron chi connectivity index (χ2n) is 5.77. The highest BCUT2D eigenvalue weighted by molar-refractivity contribution is 5.88. The third-order valence-electron chi connectivity index (χ3n) is 4.48. The number of carbonyl (C=O) groups excluding carboxylic acids is 1. The van der Waals surface area contributed by atoms with Crippen LogP contribution in [0, 0.1) is 11.8 Å². The first-order valence-electron chi connectivity index (χ1n) is 7.01. The average molecular weight is 252 g/mol. The highest BCUT2D eigenvalue weighted by Crippen LogP contribution is 2.42. The van der Waals surface area contributed by atoms with Gasteiger partial charge in [0, 0.05) is 17.2 Å². The maximum Gasteiger partial charge on any atom is 0.139 e. The Balaban J connectivity index is 1.67. The van der Waals surface area contributed by atoms with Gasteiger partial charge in [-0.2, -0.15) is 0 Å². The molecule has 2 saturated carbocycles. The molecule has 0 aliphatic heterocycles. The van der Waals surface area contributed by atoms with E-state index in [1.165, 1.54) is 5.57 Å². The summed E-state index contributed by atoms with van der Waals surface area (Å²) in [4.78, 5) is 11.9. The summed E-state index contributed by atoms with van der Waals surface area (Å²) in [5.74, 6) is 2.00. The molecule has 0 radical (unpaired) electrons. The lowest BCUT2D eigenvalue weighted by Gasteiger charge is -2.20. The molecule has 2 heteroatoms. The number of hydrogen-bond acceptors (Lipinski definition) is 2. The molecule has 2 nitrogen and oxygen atoms in total. The summed E-state index contributed by atoms with van der Waals surface area (Å²) in [6.45, 7) is 0. The fraction of sp³-hybridized carbons (Fsp3) is 0.353. The van der Waals surface area contributed by atoms with Gasteiger partial charge < -0.3 is 4.42 Å². The topological polar surface area (TPSA) is 30.2 Å². The quantitative estimate of drug-likeness (QED) is 0.761. The fourth-order valence-electron chi connectivity index (χ4n) is 3.53. The highest BCUT2D eigenvalue weighted by Gasteiger charge is 2.38. The molecule has 0 unspecified atom stereocenters. The molecule has 2 aliphatic rings. The second-order valence-corrected chi connectivity index (χ2v) is 5.77. The van der Waals surface area contributed by atoms with Crippen LogP contribution in [0.2, 0.25) is 0 Å². The van der Waals surface area contributed by atoms with Gasteiger partial charge in [0.1, 0.15) is 17.1 Å². The summed E-state index contributed by atoms with van der Waals surface area (Å²) < 4.78 is 5.83. The number of carbonyl (C=O) groups is 1. The number of Topliss-reactive ketones (excluding diaryl/α,β-unsaturated/α-hetero) is 1. The Labute approximate surface area is 112 Å². The van der Waals surface area contributed by atoms with E-state index in [2.05, 4.69) is 18.2 Å². The Morgan fingerprint density at radius 2 is 1.84 bits per heavy atom. The molecule has 2 aliphatic carbocycles. The SMILES string of the molecule is O=C1[C@@H]2CC[C@H]1CC(=Cc1cc3ccccc3o1)C2. The van der Waals surface area contributed by atoms with Gasteiger partial charge in [-0.3, -0.25) is 4.79 Å². The Kier molecular flexibility index (Phi) is 2.37. The van der Waals surface area contributed by atoms with E-state index in [0.717, 1.165) is 42.4 Å². The maximum absolute atomic E-state index is 11.9. The van der Waals surface area contributed by atoms with E-state index in [9.17, 15) is 4.79 Å². The van der Waals surface area contributed by atoms with Crippen molar-refractivity contribution in [1.82, 2.24) is 0 Å². The Morgan fingerprint density at radius 3 is 2.58 bits per heavy atom. The molecule has 2 fully saturated rings. The van der Waals surface area contributed by atoms with E-state index >= 15 is 0 Å². The predicted octanol–water partition coefficient (Wildman–Crippen LogP) is 4.21. The molecular weight excluding hydrogens is 236 g/mol. The van der Waals surface area contributed by atoms with Crippen molar-refractivity contribution in [2.45, 2.75) is 25.7 Å². The largest absolute Gasteiger partial charge is 0.457 e. The minimum atomic E-state index is 0.286. The number of rotatable bonds is 1. The summed E-state index contributed by atoms with van der Waals surface area (Å²) in [6.07, 6.45) is 6.19. The van der Waals surface area contributed by atoms with Crippen LogP contribution in [-0.2, 0) is 4.79 Å². The van der Waals surface area contributed by atoms with Gasteiger partial charge >= 0.3 is 0 Å². The second kappa shape index (κ2) is 4.09. The van der Waals surface area contributed by atoms with Gasteiger partial charge in [0.05, 0.1) is 0 Å². The minimum Gasteiger partial charge on any atom is -0.457 e. The minimum absolute atomic E-state index is 0.286. The summed E-state index contributed by atoms with van der Waals surface area (Å²) >= 11 is 0. The van der Waals surface area contributed by atoms with Crippen LogP contribution in [-0.4, -0.2) is 5.78 Å². The van der Waals surface area contributed by atoms with Gasteiger partial charge in [0.15, 0.2) is 0 Å². The van der Waals surface area contributed by atoms with E-state index in [1.807, 2.05) is 18.2 Å². The van der Waals surface area contributed by atoms with E-state index in [4.69, 9.17) is 4.42 Å². The van der Waals surface area contributed by atoms with Crippen molar-refractivity contribution in [2.75, 3.05) is 0 Å². The Hall–Kier alpha value is -1.83. The lowest BCUT2D eigenvalue weighted by Crippen LogP contribution is -2.20. The van der Waals surface area contributed by atoms with Crippen molar-refractivity contribution < 1.29 is 9.21 Å². The van der Waals surface area contributed by atoms with Crippen molar-refractivity contribution >= 4 is 22.8 Å². The lowest BCUT2D eigenvalue weighted by molar-refractivity contribution is -0.124. The van der Waals surface area contributed by atoms with Crippen molar-refractivity contribution in [3.8, 4) is 0 Å². The molecule has 0 N–H and O–H groups in total. The van der Waals surface area contributed by atoms with Gasteiger partial charge in [0.25, 0.3) is 0 Å². The third-order valence-corrected chi connectivity index (χ3v) is 4.48. The summed E-state index contributed by atoms with van der Waals surface area (Å²) in [5.41, 5.74) is 2.32. The molecule has 4 rings (SSSR count). The third kappa shape index (κ3) is 1.83. The summed E-state index contributed by atoms with van der Waals surface area (Å²) in [6, 6.07) is 10.2. The van der Waals surface area contributed by atoms with Crippen LogP contribution in [0.25, 0.3) is 17.0 Å². The van der Waals surface area contributed by atoms with Gasteiger partial charge in [-0.1, -0.05) is 23.8 Å². The molecular formula is C17H16O2. The molecule has 0 amide bonds. The van der Waals surface area contributed by atoms with Crippen molar-refractivity contribution in [3.63, 3.8) is 0 Å². The first kappa shape index (κ1) is 11.0. The van der Waals surface area contributed by atoms with E-state index in [-0.39, 0.29) is 11.8 Å². The van der Waals surface area contributed by atoms with Crippen LogP contribution in [0.1, 0.15) is 31.4 Å². The van der Waals surface area contributed by atoms with Crippen molar-refractivity contribution in [3.05, 3.63) is 41.7 Å². The zero-order valence-corrected chi connectivity index (χ0v) is 10.8. The smallest absolute Gasteiger partial charge is 0.139 e. The Bertz CT molecular complexity index is 626. The molecule has 2 bridgehead atoms. The first-order valence-corrected chi connectivity index (χ1v) is 7.01. The number of para-hydroxylation sites is 1. The van der Waals surface area contributed by atoms with Crippen molar-refractivity contribution in [1.29, 1.82) is 0 Å². The number of benzene rings is 1. The van der Waals surface area contributed by atoms with Gasteiger partial charge in [-0.05, 0) is 43.9 Å². The average Bonchev–Trinajstić information content (AvgIpc) is 2.87. The van der Waals surface area contributed by atoms with E-state index in [1.54, 1.807) is 0 Å². The molecule has 1 aromatic heterocycles. The molecule has 0 spiro atoms. The van der Waals surface area contributed by atoms with Crippen LogP contribution >= 0.6 is 0 Å². The van der Waals surface area contributed by atoms with Crippen LogP contribution in [0.4, 0.5) is 0 Å². The fourth-order valence-corrected chi connectivity index (χ4v) is 3.53. The maximum atomic E-state index is 11.9. The standard InChI is InChI=1S/C17H16O2/c18-17-13-5-6-14(17)8-11(7-13)9-15-10-12-3-1-2-4-16(12)19-15/h1-4,9-10,13-14H,5-8H2/t13-,14+. The zero-order valence-electron chi connectivity index (χ0n) is 10.8. The van der Waals surface area contributed by atoms with E-state index in [0.29, 0.717) is 5.78 Å². The monoisotopic (exact) mass is 252 g/mol. The molecule has 0 saturated heterocycles. The Morgan fingerprint density at radius 1 is 1.11 bits per heavy atom. The first-order chi connectivity index (χ1) is 9.29. The number of allylic oxidation sites excluding steroid dienone is 1. The number of ketones is 1. The summed E-state index contributed by atoms with van der Waals surface area (Å²) in [5, 5.41) is 1.14. The number of hydrogen-bond donors (Lipinski definition) is 0. The molecule has 2 aromatic rings. The lowest BCUT2D eigenvalue weighted by atomic mass is 9.84. The van der Waals surface area contributed by atoms with Crippen LogP contribution in [0.5, 0.6) is 0 Å². The number of furan rings is 1. The summed E-state index contributed by atoms with van der Waals surface area (Å²) in [7, 11) is 0. The zero-order chi connectivity index (χ0) is 12.8.